The predicted octanol–water partition coefficient (Wildman–Crippen LogP) is -8.58. The van der Waals surface area contributed by atoms with E-state index in [1.165, 1.54) is 6.92 Å². The van der Waals surface area contributed by atoms with Crippen molar-refractivity contribution in [2.45, 2.75) is 137 Å². The van der Waals surface area contributed by atoms with E-state index in [-0.39, 0.29) is 0 Å². The van der Waals surface area contributed by atoms with Gasteiger partial charge in [0.2, 0.25) is 5.91 Å². The molecule has 47 heavy (non-hydrogen) atoms. The van der Waals surface area contributed by atoms with Gasteiger partial charge in [0.25, 0.3) is 0 Å². The minimum absolute atomic E-state index is 0.634. The Morgan fingerprint density at radius 1 is 0.596 bits per heavy atom. The van der Waals surface area contributed by atoms with Gasteiger partial charge >= 0.3 is 0 Å². The molecule has 0 aliphatic carbocycles. The van der Waals surface area contributed by atoms with Crippen molar-refractivity contribution in [1.82, 2.24) is 5.32 Å². The summed E-state index contributed by atoms with van der Waals surface area (Å²) < 4.78 is 38.6. The molecule has 274 valence electrons. The molecular weight excluding hydrogens is 646 g/mol. The van der Waals surface area contributed by atoms with Gasteiger partial charge in [0.05, 0.1) is 25.9 Å². The average Bonchev–Trinajstić information content (AvgIpc) is 3.03. The van der Waals surface area contributed by atoms with Crippen molar-refractivity contribution in [3.05, 3.63) is 0 Å². The van der Waals surface area contributed by atoms with Gasteiger partial charge in [0.15, 0.2) is 25.2 Å². The summed E-state index contributed by atoms with van der Waals surface area (Å²) in [4.78, 5) is 11.9. The first kappa shape index (κ1) is 38.5. The SMILES string of the molecule is CC(=O)N[C@H]1[C@H](O[C@@H]2[C@@H](O[C@H]3[C@H](O)[C@@H](CO[C@H]4O[C@H](C)[C@@H](O)[C@H](O)[C@@H]4O)OC(O)[C@H]3O)O[C@H](CO)[C@@H](O)[C@@H]2O)O[C@H](CO)[C@@H](O)[C@@H]1O. The van der Waals surface area contributed by atoms with Gasteiger partial charge in [0.1, 0.15) is 91.5 Å². The van der Waals surface area contributed by atoms with Crippen molar-refractivity contribution in [2.75, 3.05) is 19.8 Å². The van der Waals surface area contributed by atoms with E-state index in [2.05, 4.69) is 5.32 Å². The summed E-state index contributed by atoms with van der Waals surface area (Å²) in [5.41, 5.74) is 0. The predicted molar refractivity (Wildman–Crippen MR) is 144 cm³/mol. The topological polar surface area (TPSA) is 336 Å². The molecule has 0 spiro atoms. The van der Waals surface area contributed by atoms with Gasteiger partial charge in [-0.1, -0.05) is 0 Å². The summed E-state index contributed by atoms with van der Waals surface area (Å²) in [6.45, 7) is 0.180. The summed E-state index contributed by atoms with van der Waals surface area (Å²) in [6.07, 6.45) is -32.1. The second kappa shape index (κ2) is 16.2. The Kier molecular flexibility index (Phi) is 13.2. The number of amides is 1. The van der Waals surface area contributed by atoms with E-state index < -0.39 is 148 Å². The fourth-order valence-electron chi connectivity index (χ4n) is 5.76. The van der Waals surface area contributed by atoms with E-state index in [4.69, 9.17) is 33.2 Å². The number of nitrogens with one attached hydrogen (secondary N) is 1. The number of ether oxygens (including phenoxy) is 7. The van der Waals surface area contributed by atoms with E-state index in [1.807, 2.05) is 0 Å². The minimum atomic E-state index is -2.03. The Hall–Kier alpha value is -1.29. The molecule has 0 aromatic heterocycles. The molecule has 20 atom stereocenters. The fourth-order valence-corrected chi connectivity index (χ4v) is 5.76. The van der Waals surface area contributed by atoms with E-state index in [0.29, 0.717) is 0 Å². The number of hydrogen-bond acceptors (Lipinski definition) is 20. The van der Waals surface area contributed by atoms with E-state index in [0.717, 1.165) is 6.92 Å². The van der Waals surface area contributed by atoms with Crippen molar-refractivity contribution < 1.29 is 99.2 Å². The van der Waals surface area contributed by atoms with E-state index in [9.17, 15) is 66.1 Å². The summed E-state index contributed by atoms with van der Waals surface area (Å²) in [6, 6.07) is -1.51. The summed E-state index contributed by atoms with van der Waals surface area (Å²) in [7, 11) is 0. The molecular formula is C26H45NO20. The lowest BCUT2D eigenvalue weighted by atomic mass is 9.95. The zero-order valence-corrected chi connectivity index (χ0v) is 25.3. The third kappa shape index (κ3) is 8.20. The molecule has 0 saturated carbocycles. The van der Waals surface area contributed by atoms with Gasteiger partial charge in [-0.25, -0.2) is 0 Å². The van der Waals surface area contributed by atoms with Crippen molar-refractivity contribution in [2.24, 2.45) is 0 Å². The molecule has 0 aromatic rings. The van der Waals surface area contributed by atoms with Crippen LogP contribution < -0.4 is 5.32 Å². The van der Waals surface area contributed by atoms with Crippen LogP contribution in [0, 0.1) is 0 Å². The highest BCUT2D eigenvalue weighted by Gasteiger charge is 2.54. The van der Waals surface area contributed by atoms with E-state index in [1.54, 1.807) is 0 Å². The maximum Gasteiger partial charge on any atom is 0.217 e. The van der Waals surface area contributed by atoms with Crippen LogP contribution in [0.25, 0.3) is 0 Å². The molecule has 0 aromatic carbocycles. The summed E-state index contributed by atoms with van der Waals surface area (Å²) in [5, 5.41) is 127. The highest BCUT2D eigenvalue weighted by atomic mass is 16.8. The van der Waals surface area contributed by atoms with Crippen LogP contribution in [0.4, 0.5) is 0 Å². The molecule has 13 N–H and O–H groups in total. The molecule has 1 unspecified atom stereocenters. The van der Waals surface area contributed by atoms with Crippen molar-refractivity contribution in [1.29, 1.82) is 0 Å². The maximum atomic E-state index is 11.9. The summed E-state index contributed by atoms with van der Waals surface area (Å²) in [5.74, 6) is -0.698. The molecule has 21 nitrogen and oxygen atoms in total. The molecule has 21 heteroatoms. The maximum absolute atomic E-state index is 11.9. The lowest BCUT2D eigenvalue weighted by Crippen LogP contribution is -2.68. The van der Waals surface area contributed by atoms with Crippen LogP contribution in [0.5, 0.6) is 0 Å². The average molecular weight is 692 g/mol. The van der Waals surface area contributed by atoms with Gasteiger partial charge < -0.3 is 99.8 Å². The van der Waals surface area contributed by atoms with Crippen LogP contribution >= 0.6 is 0 Å². The normalized spacial score (nSPS) is 51.0. The molecule has 4 fully saturated rings. The smallest absolute Gasteiger partial charge is 0.217 e. The number of aliphatic hydroxyl groups is 12. The standard InChI is InChI=1S/C26H45NO20/c1-6-12(31)17(36)19(38)25(42-6)41-5-10-15(34)21(20(39)23(40)43-10)46-26-22(18(37)14(33)9(4-29)45-26)47-24-11(27-7(2)30)16(35)13(32)8(3-28)44-24/h6,8-26,28-29,31-40H,3-5H2,1-2H3,(H,27,30)/t6-,8-,9-,10-,11-,12-,13-,14-,15-,16-,17+,18+,19+,20+,21+,22+,23?,24+,25+,26-/m1/s1. The molecule has 0 bridgehead atoms. The van der Waals surface area contributed by atoms with E-state index >= 15 is 0 Å². The van der Waals surface area contributed by atoms with Gasteiger partial charge in [0, 0.05) is 6.92 Å². The van der Waals surface area contributed by atoms with Crippen LogP contribution in [0.1, 0.15) is 13.8 Å². The Morgan fingerprint density at radius 3 is 1.77 bits per heavy atom. The van der Waals surface area contributed by atoms with Crippen LogP contribution in [0.3, 0.4) is 0 Å². The number of rotatable bonds is 10. The summed E-state index contributed by atoms with van der Waals surface area (Å²) >= 11 is 0. The molecule has 0 radical (unpaired) electrons. The lowest BCUT2D eigenvalue weighted by Gasteiger charge is -2.49. The van der Waals surface area contributed by atoms with Crippen molar-refractivity contribution >= 4 is 5.91 Å². The molecule has 1 amide bonds. The third-order valence-electron chi connectivity index (χ3n) is 8.55. The highest BCUT2D eigenvalue weighted by molar-refractivity contribution is 5.73. The molecule has 4 heterocycles. The molecule has 4 aliphatic heterocycles. The molecule has 4 aliphatic rings. The first-order chi connectivity index (χ1) is 22.1. The van der Waals surface area contributed by atoms with Crippen molar-refractivity contribution in [3.8, 4) is 0 Å². The van der Waals surface area contributed by atoms with Gasteiger partial charge in [-0.15, -0.1) is 0 Å². The second-order valence-electron chi connectivity index (χ2n) is 11.9. The van der Waals surface area contributed by atoms with Crippen molar-refractivity contribution in [3.63, 3.8) is 0 Å². The first-order valence-corrected chi connectivity index (χ1v) is 14.9. The second-order valence-corrected chi connectivity index (χ2v) is 11.9. The monoisotopic (exact) mass is 691 g/mol. The van der Waals surface area contributed by atoms with Gasteiger partial charge in [-0.3, -0.25) is 4.79 Å². The zero-order chi connectivity index (χ0) is 34.9. The Morgan fingerprint density at radius 2 is 1.17 bits per heavy atom. The highest BCUT2D eigenvalue weighted by Crippen LogP contribution is 2.33. The largest absolute Gasteiger partial charge is 0.394 e. The minimum Gasteiger partial charge on any atom is -0.394 e. The molecule has 4 rings (SSSR count). The lowest BCUT2D eigenvalue weighted by molar-refractivity contribution is -0.382. The first-order valence-electron chi connectivity index (χ1n) is 14.9. The quantitative estimate of drug-likeness (QED) is 0.101. The van der Waals surface area contributed by atoms with Crippen LogP contribution in [0.2, 0.25) is 0 Å². The number of carbonyl (C=O) groups is 1. The Bertz CT molecular complexity index is 1010. The Balaban J connectivity index is 1.54. The number of hydrogen-bond donors (Lipinski definition) is 13. The van der Waals surface area contributed by atoms with Gasteiger partial charge in [-0.05, 0) is 6.92 Å². The fraction of sp³-hybridized carbons (Fsp3) is 0.962. The Labute approximate surface area is 267 Å². The number of carbonyl (C=O) groups excluding carboxylic acids is 1. The zero-order valence-electron chi connectivity index (χ0n) is 25.3. The number of aliphatic hydroxyl groups excluding tert-OH is 12. The van der Waals surface area contributed by atoms with Crippen LogP contribution in [-0.4, -0.2) is 210 Å². The van der Waals surface area contributed by atoms with Crippen LogP contribution in [0.15, 0.2) is 0 Å². The molecule has 4 saturated heterocycles. The van der Waals surface area contributed by atoms with Gasteiger partial charge in [-0.2, -0.15) is 0 Å². The third-order valence-corrected chi connectivity index (χ3v) is 8.55. The van der Waals surface area contributed by atoms with Crippen LogP contribution in [-0.2, 0) is 38.0 Å².